The van der Waals surface area contributed by atoms with Gasteiger partial charge >= 0.3 is 5.69 Å². The fourth-order valence-corrected chi connectivity index (χ4v) is 5.43. The lowest BCUT2D eigenvalue weighted by atomic mass is 10.2. The number of para-hydroxylation sites is 2. The maximum atomic E-state index is 12.8. The van der Waals surface area contributed by atoms with E-state index in [1.165, 1.54) is 0 Å². The van der Waals surface area contributed by atoms with Crippen LogP contribution in [-0.2, 0) is 28.2 Å². The van der Waals surface area contributed by atoms with Gasteiger partial charge in [0.2, 0.25) is 5.91 Å². The monoisotopic (exact) mass is 379 g/mol. The lowest BCUT2D eigenvalue weighted by molar-refractivity contribution is -0.133. The standard InChI is InChI=1S/C18H25N3O4S/c1-3-10-20(14-9-12-26(24,25)13-14)17(22)8-11-21-16-7-5-4-6-15(16)19(2)18(21)23/h4-7,14H,3,8-13H2,1-2H3/t14-/m1/s1. The predicted molar refractivity (Wildman–Crippen MR) is 101 cm³/mol. The predicted octanol–water partition coefficient (Wildman–Crippen LogP) is 1.16. The molecule has 142 valence electrons. The van der Waals surface area contributed by atoms with Gasteiger partial charge in [0.05, 0.1) is 22.5 Å². The highest BCUT2D eigenvalue weighted by atomic mass is 32.2. The Hall–Kier alpha value is -2.09. The molecular weight excluding hydrogens is 354 g/mol. The second-order valence-electron chi connectivity index (χ2n) is 6.88. The molecule has 26 heavy (non-hydrogen) atoms. The molecule has 0 bridgehead atoms. The average molecular weight is 379 g/mol. The van der Waals surface area contributed by atoms with E-state index < -0.39 is 9.84 Å². The number of amides is 1. The van der Waals surface area contributed by atoms with Crippen molar-refractivity contribution >= 4 is 26.8 Å². The summed E-state index contributed by atoms with van der Waals surface area (Å²) < 4.78 is 26.7. The summed E-state index contributed by atoms with van der Waals surface area (Å²) in [6.07, 6.45) is 1.46. The van der Waals surface area contributed by atoms with E-state index >= 15 is 0 Å². The second-order valence-corrected chi connectivity index (χ2v) is 9.10. The van der Waals surface area contributed by atoms with Crippen molar-refractivity contribution in [1.29, 1.82) is 0 Å². The first-order valence-electron chi connectivity index (χ1n) is 8.98. The Morgan fingerprint density at radius 2 is 1.96 bits per heavy atom. The van der Waals surface area contributed by atoms with Crippen molar-refractivity contribution in [3.8, 4) is 0 Å². The molecule has 0 radical (unpaired) electrons. The Labute approximate surface area is 153 Å². The molecule has 7 nitrogen and oxygen atoms in total. The zero-order chi connectivity index (χ0) is 18.9. The zero-order valence-electron chi connectivity index (χ0n) is 15.2. The Balaban J connectivity index is 1.77. The normalized spacial score (nSPS) is 19.1. The zero-order valence-corrected chi connectivity index (χ0v) is 16.0. The molecule has 0 saturated carbocycles. The molecule has 3 rings (SSSR count). The van der Waals surface area contributed by atoms with Crippen LogP contribution in [0.1, 0.15) is 26.2 Å². The van der Waals surface area contributed by atoms with Gasteiger partial charge in [0.15, 0.2) is 9.84 Å². The fraction of sp³-hybridized carbons (Fsp3) is 0.556. The number of nitrogens with zero attached hydrogens (tertiary/aromatic N) is 3. The van der Waals surface area contributed by atoms with Gasteiger partial charge in [-0.25, -0.2) is 13.2 Å². The molecule has 1 aliphatic rings. The van der Waals surface area contributed by atoms with E-state index in [1.54, 1.807) is 21.1 Å². The van der Waals surface area contributed by atoms with Crippen LogP contribution in [0.2, 0.25) is 0 Å². The first kappa shape index (κ1) is 18.7. The summed E-state index contributed by atoms with van der Waals surface area (Å²) in [7, 11) is -1.33. The van der Waals surface area contributed by atoms with Gasteiger partial charge in [0.25, 0.3) is 0 Å². The first-order chi connectivity index (χ1) is 12.3. The van der Waals surface area contributed by atoms with Gasteiger partial charge in [-0.2, -0.15) is 0 Å². The van der Waals surface area contributed by atoms with Gasteiger partial charge in [-0.3, -0.25) is 13.9 Å². The minimum Gasteiger partial charge on any atom is -0.339 e. The summed E-state index contributed by atoms with van der Waals surface area (Å²) in [5, 5.41) is 0. The van der Waals surface area contributed by atoms with Crippen molar-refractivity contribution in [1.82, 2.24) is 14.0 Å². The van der Waals surface area contributed by atoms with Crippen LogP contribution in [0, 0.1) is 0 Å². The van der Waals surface area contributed by atoms with Crippen molar-refractivity contribution in [3.63, 3.8) is 0 Å². The maximum Gasteiger partial charge on any atom is 0.328 e. The summed E-state index contributed by atoms with van der Waals surface area (Å²) in [4.78, 5) is 26.9. The fourth-order valence-electron chi connectivity index (χ4n) is 3.70. The number of carbonyl (C=O) groups excluding carboxylic acids is 1. The molecule has 0 unspecified atom stereocenters. The second kappa shape index (κ2) is 7.26. The number of sulfone groups is 1. The summed E-state index contributed by atoms with van der Waals surface area (Å²) >= 11 is 0. The number of rotatable bonds is 6. The molecule has 1 aliphatic heterocycles. The Kier molecular flexibility index (Phi) is 5.22. The molecule has 1 aromatic heterocycles. The maximum absolute atomic E-state index is 12.8. The lowest BCUT2D eigenvalue weighted by Crippen LogP contribution is -2.42. The number of hydrogen-bond donors (Lipinski definition) is 0. The van der Waals surface area contributed by atoms with Crippen LogP contribution >= 0.6 is 0 Å². The van der Waals surface area contributed by atoms with Gasteiger partial charge in [-0.1, -0.05) is 19.1 Å². The van der Waals surface area contributed by atoms with E-state index in [9.17, 15) is 18.0 Å². The van der Waals surface area contributed by atoms with Crippen molar-refractivity contribution < 1.29 is 13.2 Å². The van der Waals surface area contributed by atoms with Crippen LogP contribution in [0.4, 0.5) is 0 Å². The molecule has 2 aromatic rings. The topological polar surface area (TPSA) is 81.4 Å². The molecule has 0 aliphatic carbocycles. The third kappa shape index (κ3) is 3.56. The Morgan fingerprint density at radius 1 is 1.27 bits per heavy atom. The number of benzene rings is 1. The van der Waals surface area contributed by atoms with Crippen LogP contribution in [-0.4, -0.2) is 52.5 Å². The minimum atomic E-state index is -3.04. The largest absolute Gasteiger partial charge is 0.339 e. The summed E-state index contributed by atoms with van der Waals surface area (Å²) in [5.74, 6) is 0.106. The molecule has 2 heterocycles. The van der Waals surface area contributed by atoms with Crippen molar-refractivity contribution in [3.05, 3.63) is 34.7 Å². The van der Waals surface area contributed by atoms with Crippen LogP contribution < -0.4 is 5.69 Å². The average Bonchev–Trinajstić information content (AvgIpc) is 3.09. The highest BCUT2D eigenvalue weighted by Crippen LogP contribution is 2.19. The molecule has 1 saturated heterocycles. The van der Waals surface area contributed by atoms with E-state index in [0.717, 1.165) is 17.5 Å². The van der Waals surface area contributed by atoms with Gasteiger partial charge in [-0.05, 0) is 25.0 Å². The highest BCUT2D eigenvalue weighted by molar-refractivity contribution is 7.91. The number of aryl methyl sites for hydroxylation is 2. The molecule has 1 atom stereocenters. The quantitative estimate of drug-likeness (QED) is 0.754. The smallest absolute Gasteiger partial charge is 0.328 e. The molecule has 1 aromatic carbocycles. The van der Waals surface area contributed by atoms with Gasteiger partial charge in [0, 0.05) is 32.6 Å². The summed E-state index contributed by atoms with van der Waals surface area (Å²) in [6.45, 7) is 2.81. The van der Waals surface area contributed by atoms with Gasteiger partial charge < -0.3 is 4.90 Å². The molecule has 8 heteroatoms. The lowest BCUT2D eigenvalue weighted by Gasteiger charge is -2.28. The molecular formula is C18H25N3O4S. The number of fused-ring (bicyclic) bond motifs is 1. The minimum absolute atomic E-state index is 0.0486. The van der Waals surface area contributed by atoms with Crippen LogP contribution in [0.15, 0.2) is 29.1 Å². The molecule has 1 fully saturated rings. The Morgan fingerprint density at radius 3 is 2.58 bits per heavy atom. The van der Waals surface area contributed by atoms with Crippen LogP contribution in [0.25, 0.3) is 11.0 Å². The van der Waals surface area contributed by atoms with E-state index in [-0.39, 0.29) is 35.6 Å². The van der Waals surface area contributed by atoms with Gasteiger partial charge in [0.1, 0.15) is 0 Å². The number of imidazole rings is 1. The molecule has 1 amide bonds. The number of hydrogen-bond acceptors (Lipinski definition) is 4. The molecule has 0 N–H and O–H groups in total. The van der Waals surface area contributed by atoms with E-state index in [1.807, 2.05) is 31.2 Å². The van der Waals surface area contributed by atoms with Crippen molar-refractivity contribution in [2.24, 2.45) is 7.05 Å². The summed E-state index contributed by atoms with van der Waals surface area (Å²) in [6, 6.07) is 7.25. The van der Waals surface area contributed by atoms with E-state index in [2.05, 4.69) is 0 Å². The molecule has 0 spiro atoms. The van der Waals surface area contributed by atoms with Crippen LogP contribution in [0.5, 0.6) is 0 Å². The van der Waals surface area contributed by atoms with Gasteiger partial charge in [-0.15, -0.1) is 0 Å². The van der Waals surface area contributed by atoms with Crippen LogP contribution in [0.3, 0.4) is 0 Å². The third-order valence-corrected chi connectivity index (χ3v) is 6.79. The number of carbonyl (C=O) groups is 1. The first-order valence-corrected chi connectivity index (χ1v) is 10.8. The number of aromatic nitrogens is 2. The van der Waals surface area contributed by atoms with Crippen molar-refractivity contribution in [2.75, 3.05) is 18.1 Å². The van der Waals surface area contributed by atoms with E-state index in [4.69, 9.17) is 0 Å². The summed E-state index contributed by atoms with van der Waals surface area (Å²) in [5.41, 5.74) is 1.49. The third-order valence-electron chi connectivity index (χ3n) is 5.04. The highest BCUT2D eigenvalue weighted by Gasteiger charge is 2.34. The van der Waals surface area contributed by atoms with Crippen molar-refractivity contribution in [2.45, 2.75) is 38.8 Å². The van der Waals surface area contributed by atoms with E-state index in [0.29, 0.717) is 19.5 Å². The Bertz CT molecular complexity index is 974. The SMILES string of the molecule is CCCN(C(=O)CCn1c(=O)n(C)c2ccccc21)[C@@H]1CCS(=O)(=O)C1.